The number of carbonyl (C=O) groups is 1. The topological polar surface area (TPSA) is 63.7 Å². The number of piperazine rings is 2. The molecule has 0 radical (unpaired) electrons. The lowest BCUT2D eigenvalue weighted by Crippen LogP contribution is -2.53. The Hall–Kier alpha value is -0.810. The van der Waals surface area contributed by atoms with E-state index in [9.17, 15) is 4.79 Å². The minimum absolute atomic E-state index is 0. The van der Waals surface area contributed by atoms with E-state index in [4.69, 9.17) is 9.73 Å². The van der Waals surface area contributed by atoms with Crippen LogP contribution in [-0.2, 0) is 4.74 Å². The van der Waals surface area contributed by atoms with Gasteiger partial charge >= 0.3 is 6.09 Å². The van der Waals surface area contributed by atoms with Crippen molar-refractivity contribution in [2.45, 2.75) is 33.6 Å². The number of amides is 1. The molecule has 0 atom stereocenters. The number of nitrogens with zero attached hydrogens (tertiary/aromatic N) is 5. The summed E-state index contributed by atoms with van der Waals surface area (Å²) in [6.45, 7) is 18.5. The largest absolute Gasteiger partial charge is 0.450 e. The van der Waals surface area contributed by atoms with Gasteiger partial charge in [-0.15, -0.1) is 24.0 Å². The predicted molar refractivity (Wildman–Crippen MR) is 129 cm³/mol. The lowest BCUT2D eigenvalue weighted by molar-refractivity contribution is 0.0914. The fraction of sp³-hybridized carbons (Fsp3) is 0.900. The van der Waals surface area contributed by atoms with Crippen molar-refractivity contribution in [3.63, 3.8) is 0 Å². The fourth-order valence-corrected chi connectivity index (χ4v) is 3.70. The lowest BCUT2D eigenvalue weighted by atomic mass is 10.2. The smallest absolute Gasteiger partial charge is 0.409 e. The van der Waals surface area contributed by atoms with Crippen molar-refractivity contribution in [2.24, 2.45) is 4.99 Å². The van der Waals surface area contributed by atoms with E-state index >= 15 is 0 Å². The molecule has 0 bridgehead atoms. The molecule has 9 heteroatoms. The third-order valence-corrected chi connectivity index (χ3v) is 5.50. The van der Waals surface area contributed by atoms with Crippen LogP contribution in [0, 0.1) is 0 Å². The SMILES string of the molecule is CCNC(=NCCCCN1CCN(CC)CC1)N1CCN(C(=O)OCC)CC1.I. The van der Waals surface area contributed by atoms with E-state index in [-0.39, 0.29) is 30.1 Å². The average Bonchev–Trinajstić information content (AvgIpc) is 2.73. The van der Waals surface area contributed by atoms with Crippen LogP contribution in [0.2, 0.25) is 0 Å². The zero-order valence-electron chi connectivity index (χ0n) is 18.6. The molecule has 29 heavy (non-hydrogen) atoms. The molecule has 0 aromatic heterocycles. The van der Waals surface area contributed by atoms with Gasteiger partial charge in [-0.1, -0.05) is 6.92 Å². The first-order valence-electron chi connectivity index (χ1n) is 11.1. The number of guanidine groups is 1. The van der Waals surface area contributed by atoms with Crippen molar-refractivity contribution in [1.82, 2.24) is 24.9 Å². The van der Waals surface area contributed by atoms with Crippen LogP contribution in [0.3, 0.4) is 0 Å². The number of unbranched alkanes of at least 4 members (excludes halogenated alkanes) is 1. The molecule has 2 saturated heterocycles. The lowest BCUT2D eigenvalue weighted by Gasteiger charge is -2.36. The number of ether oxygens (including phenoxy) is 1. The summed E-state index contributed by atoms with van der Waals surface area (Å²) >= 11 is 0. The van der Waals surface area contributed by atoms with Gasteiger partial charge < -0.3 is 29.7 Å². The molecule has 0 aromatic carbocycles. The molecule has 2 fully saturated rings. The summed E-state index contributed by atoms with van der Waals surface area (Å²) in [5.74, 6) is 0.975. The van der Waals surface area contributed by atoms with E-state index in [1.165, 1.54) is 45.7 Å². The molecule has 0 aromatic rings. The van der Waals surface area contributed by atoms with Crippen LogP contribution in [0.15, 0.2) is 4.99 Å². The zero-order valence-corrected chi connectivity index (χ0v) is 20.9. The summed E-state index contributed by atoms with van der Waals surface area (Å²) in [6.07, 6.45) is 2.11. The molecule has 8 nitrogen and oxygen atoms in total. The van der Waals surface area contributed by atoms with Crippen LogP contribution in [0.4, 0.5) is 4.79 Å². The van der Waals surface area contributed by atoms with Crippen molar-refractivity contribution < 1.29 is 9.53 Å². The predicted octanol–water partition coefficient (Wildman–Crippen LogP) is 1.76. The molecule has 2 rings (SSSR count). The number of halogens is 1. The average molecular weight is 524 g/mol. The van der Waals surface area contributed by atoms with Crippen LogP contribution in [0.25, 0.3) is 0 Å². The molecule has 2 heterocycles. The highest BCUT2D eigenvalue weighted by Crippen LogP contribution is 2.06. The zero-order chi connectivity index (χ0) is 20.2. The van der Waals surface area contributed by atoms with Gasteiger partial charge in [-0.2, -0.15) is 0 Å². The van der Waals surface area contributed by atoms with Crippen molar-refractivity contribution in [3.05, 3.63) is 0 Å². The first-order valence-corrected chi connectivity index (χ1v) is 11.1. The minimum atomic E-state index is -0.205. The Morgan fingerprint density at radius 1 is 0.897 bits per heavy atom. The van der Waals surface area contributed by atoms with E-state index in [0.29, 0.717) is 19.7 Å². The second-order valence-corrected chi connectivity index (χ2v) is 7.39. The van der Waals surface area contributed by atoms with E-state index in [1.54, 1.807) is 4.90 Å². The Morgan fingerprint density at radius 2 is 1.52 bits per heavy atom. The normalized spacial score (nSPS) is 19.1. The number of likely N-dealkylation sites (N-methyl/N-ethyl adjacent to an activating group) is 1. The summed E-state index contributed by atoms with van der Waals surface area (Å²) in [5, 5.41) is 3.40. The van der Waals surface area contributed by atoms with Gasteiger partial charge in [0, 0.05) is 65.4 Å². The van der Waals surface area contributed by atoms with Crippen LogP contribution >= 0.6 is 24.0 Å². The first-order chi connectivity index (χ1) is 13.7. The molecule has 170 valence electrons. The Balaban J connectivity index is 0.00000420. The molecule has 2 aliphatic rings. The maximum atomic E-state index is 11.8. The number of aliphatic imine (C=N–C) groups is 1. The van der Waals surface area contributed by atoms with Crippen LogP contribution in [0.5, 0.6) is 0 Å². The molecule has 1 amide bonds. The third kappa shape index (κ3) is 9.25. The van der Waals surface area contributed by atoms with Gasteiger partial charge in [-0.05, 0) is 39.8 Å². The fourth-order valence-electron chi connectivity index (χ4n) is 3.70. The molecule has 0 unspecified atom stereocenters. The highest BCUT2D eigenvalue weighted by molar-refractivity contribution is 14.0. The summed E-state index contributed by atoms with van der Waals surface area (Å²) in [4.78, 5) is 25.8. The molecule has 1 N–H and O–H groups in total. The summed E-state index contributed by atoms with van der Waals surface area (Å²) < 4.78 is 5.09. The summed E-state index contributed by atoms with van der Waals surface area (Å²) in [6, 6.07) is 0. The molecule has 0 spiro atoms. The van der Waals surface area contributed by atoms with Crippen LogP contribution < -0.4 is 5.32 Å². The Labute approximate surface area is 194 Å². The van der Waals surface area contributed by atoms with Crippen molar-refractivity contribution in [3.8, 4) is 0 Å². The van der Waals surface area contributed by atoms with Gasteiger partial charge in [0.15, 0.2) is 5.96 Å². The van der Waals surface area contributed by atoms with Crippen molar-refractivity contribution >= 4 is 36.0 Å². The number of carbonyl (C=O) groups excluding carboxylic acids is 1. The van der Waals surface area contributed by atoms with Crippen LogP contribution in [0.1, 0.15) is 33.6 Å². The molecular weight excluding hydrogens is 483 g/mol. The van der Waals surface area contributed by atoms with Gasteiger partial charge in [0.2, 0.25) is 0 Å². The highest BCUT2D eigenvalue weighted by Gasteiger charge is 2.23. The van der Waals surface area contributed by atoms with Gasteiger partial charge in [-0.25, -0.2) is 4.79 Å². The molecular formula is C20H41IN6O2. The van der Waals surface area contributed by atoms with Crippen LogP contribution in [-0.4, -0.2) is 117 Å². The Bertz CT molecular complexity index is 478. The third-order valence-electron chi connectivity index (χ3n) is 5.50. The van der Waals surface area contributed by atoms with Gasteiger partial charge in [0.1, 0.15) is 0 Å². The second kappa shape index (κ2) is 15.1. The van der Waals surface area contributed by atoms with Crippen molar-refractivity contribution in [2.75, 3.05) is 85.1 Å². The monoisotopic (exact) mass is 524 g/mol. The maximum absolute atomic E-state index is 11.8. The molecule has 0 aliphatic carbocycles. The van der Waals surface area contributed by atoms with E-state index in [2.05, 4.69) is 33.9 Å². The number of nitrogens with one attached hydrogen (secondary N) is 1. The highest BCUT2D eigenvalue weighted by atomic mass is 127. The van der Waals surface area contributed by atoms with E-state index in [1.807, 2.05) is 6.92 Å². The first kappa shape index (κ1) is 26.2. The maximum Gasteiger partial charge on any atom is 0.409 e. The minimum Gasteiger partial charge on any atom is -0.450 e. The number of rotatable bonds is 8. The van der Waals surface area contributed by atoms with Crippen molar-refractivity contribution in [1.29, 1.82) is 0 Å². The van der Waals surface area contributed by atoms with E-state index in [0.717, 1.165) is 38.6 Å². The number of hydrogen-bond donors (Lipinski definition) is 1. The summed E-state index contributed by atoms with van der Waals surface area (Å²) in [7, 11) is 0. The van der Waals surface area contributed by atoms with Gasteiger partial charge in [0.05, 0.1) is 6.61 Å². The Kier molecular flexibility index (Phi) is 13.6. The Morgan fingerprint density at radius 3 is 2.10 bits per heavy atom. The summed E-state index contributed by atoms with van der Waals surface area (Å²) in [5.41, 5.74) is 0. The quantitative estimate of drug-likeness (QED) is 0.226. The van der Waals surface area contributed by atoms with Gasteiger partial charge in [-0.3, -0.25) is 4.99 Å². The number of hydrogen-bond acceptors (Lipinski definition) is 5. The van der Waals surface area contributed by atoms with E-state index < -0.39 is 0 Å². The molecule has 0 saturated carbocycles. The standard InChI is InChI=1S/C20H40N6O2.HI/c1-4-21-19(25-15-17-26(18-16-25)20(27)28-6-3)22-9-7-8-10-24-13-11-23(5-2)12-14-24;/h4-18H2,1-3H3,(H,21,22);1H. The molecule has 2 aliphatic heterocycles. The van der Waals surface area contributed by atoms with Gasteiger partial charge in [0.25, 0.3) is 0 Å². The second-order valence-electron chi connectivity index (χ2n) is 7.39.